The van der Waals surface area contributed by atoms with Crippen LogP contribution < -0.4 is 5.73 Å². The van der Waals surface area contributed by atoms with Gasteiger partial charge in [0.2, 0.25) is 11.8 Å². The van der Waals surface area contributed by atoms with Crippen molar-refractivity contribution < 1.29 is 19.1 Å². The van der Waals surface area contributed by atoms with Gasteiger partial charge in [-0.15, -0.1) is 12.4 Å². The number of piperidine rings is 1. The van der Waals surface area contributed by atoms with E-state index < -0.39 is 22.7 Å². The number of hydrogen-bond acceptors (Lipinski definition) is 5. The Bertz CT molecular complexity index is 874. The summed E-state index contributed by atoms with van der Waals surface area (Å²) in [6.45, 7) is 6.21. The molecule has 8 nitrogen and oxygen atoms in total. The third-order valence-corrected chi connectivity index (χ3v) is 6.31. The molecule has 0 aromatic heterocycles. The average Bonchev–Trinajstić information content (AvgIpc) is 2.94. The summed E-state index contributed by atoms with van der Waals surface area (Å²) >= 11 is 0. The molecule has 0 bridgehead atoms. The first kappa shape index (κ1) is 24.8. The lowest BCUT2D eigenvalue weighted by atomic mass is 9.75. The maximum absolute atomic E-state index is 13.5. The minimum Gasteiger partial charge on any atom is -0.376 e. The van der Waals surface area contributed by atoms with E-state index in [1.807, 2.05) is 37.3 Å². The van der Waals surface area contributed by atoms with Crippen molar-refractivity contribution >= 4 is 35.8 Å². The SMILES string of the molecule is CN1N=C2CCN(C(=O)C(COCc3ccccc3)C(C)(C)C(N)=O)CC2(C)C1=O.Cl. The van der Waals surface area contributed by atoms with Crippen LogP contribution in [0.4, 0.5) is 0 Å². The summed E-state index contributed by atoms with van der Waals surface area (Å²) in [4.78, 5) is 39.9. The minimum atomic E-state index is -1.10. The quantitative estimate of drug-likeness (QED) is 0.683. The van der Waals surface area contributed by atoms with Crippen LogP contribution in [0.25, 0.3) is 0 Å². The second kappa shape index (κ2) is 9.36. The van der Waals surface area contributed by atoms with Crippen molar-refractivity contribution in [2.45, 2.75) is 33.8 Å². The molecule has 0 radical (unpaired) electrons. The number of ether oxygens (including phenoxy) is 1. The van der Waals surface area contributed by atoms with E-state index in [0.717, 1.165) is 11.3 Å². The monoisotopic (exact) mass is 450 g/mol. The standard InChI is InChI=1S/C22H30N4O4.ClH/c1-21(2,19(23)28)16(13-30-12-15-8-6-5-7-9-15)18(27)26-11-10-17-22(3,14-26)20(29)25(4)24-17;/h5-9,16H,10-14H2,1-4H3,(H2,23,28);1H. The van der Waals surface area contributed by atoms with Gasteiger partial charge in [0, 0.05) is 26.6 Å². The third-order valence-electron chi connectivity index (χ3n) is 6.31. The van der Waals surface area contributed by atoms with Crippen molar-refractivity contribution in [1.29, 1.82) is 0 Å². The molecule has 170 valence electrons. The number of benzene rings is 1. The Kier molecular flexibility index (Phi) is 7.49. The molecule has 2 aliphatic rings. The van der Waals surface area contributed by atoms with Crippen LogP contribution in [0, 0.1) is 16.7 Å². The number of likely N-dealkylation sites (tertiary alicyclic amines) is 1. The largest absolute Gasteiger partial charge is 0.376 e. The van der Waals surface area contributed by atoms with E-state index in [2.05, 4.69) is 5.10 Å². The fraction of sp³-hybridized carbons (Fsp3) is 0.545. The highest BCUT2D eigenvalue weighted by molar-refractivity contribution is 6.13. The summed E-state index contributed by atoms with van der Waals surface area (Å²) in [5.74, 6) is -1.67. The predicted molar refractivity (Wildman–Crippen MR) is 119 cm³/mol. The van der Waals surface area contributed by atoms with Gasteiger partial charge in [-0.3, -0.25) is 14.4 Å². The Labute approximate surface area is 189 Å². The van der Waals surface area contributed by atoms with Crippen molar-refractivity contribution in [2.75, 3.05) is 26.7 Å². The molecule has 2 atom stereocenters. The highest BCUT2D eigenvalue weighted by Crippen LogP contribution is 2.36. The number of carbonyl (C=O) groups excluding carboxylic acids is 3. The van der Waals surface area contributed by atoms with Gasteiger partial charge in [-0.25, -0.2) is 5.01 Å². The second-order valence-corrected chi connectivity index (χ2v) is 8.86. The van der Waals surface area contributed by atoms with Crippen LogP contribution in [0.15, 0.2) is 35.4 Å². The number of fused-ring (bicyclic) bond motifs is 1. The lowest BCUT2D eigenvalue weighted by molar-refractivity contribution is -0.151. The van der Waals surface area contributed by atoms with Gasteiger partial charge in [0.1, 0.15) is 5.41 Å². The Balaban J connectivity index is 0.00000341. The first-order valence-corrected chi connectivity index (χ1v) is 10.1. The molecule has 3 rings (SSSR count). The number of amides is 3. The van der Waals surface area contributed by atoms with Crippen LogP contribution in [0.3, 0.4) is 0 Å². The Hall–Kier alpha value is -2.45. The molecular weight excluding hydrogens is 420 g/mol. The highest BCUT2D eigenvalue weighted by atomic mass is 35.5. The smallest absolute Gasteiger partial charge is 0.255 e. The molecule has 2 aliphatic heterocycles. The predicted octanol–water partition coefficient (Wildman–Crippen LogP) is 1.82. The number of hydrogen-bond donors (Lipinski definition) is 1. The summed E-state index contributed by atoms with van der Waals surface area (Å²) < 4.78 is 5.83. The number of nitrogens with zero attached hydrogens (tertiary/aromatic N) is 3. The van der Waals surface area contributed by atoms with Crippen molar-refractivity contribution in [1.82, 2.24) is 9.91 Å². The fourth-order valence-corrected chi connectivity index (χ4v) is 4.04. The molecule has 1 aromatic carbocycles. The number of rotatable bonds is 7. The molecule has 1 fully saturated rings. The van der Waals surface area contributed by atoms with E-state index in [0.29, 0.717) is 19.6 Å². The summed E-state index contributed by atoms with van der Waals surface area (Å²) in [5.41, 5.74) is 5.48. The zero-order valence-electron chi connectivity index (χ0n) is 18.5. The fourth-order valence-electron chi connectivity index (χ4n) is 4.04. The third kappa shape index (κ3) is 4.75. The lowest BCUT2D eigenvalue weighted by Gasteiger charge is -2.40. The summed E-state index contributed by atoms with van der Waals surface area (Å²) in [6.07, 6.45) is 0.521. The number of primary amides is 1. The lowest BCUT2D eigenvalue weighted by Crippen LogP contribution is -2.56. The average molecular weight is 451 g/mol. The molecule has 3 amide bonds. The first-order chi connectivity index (χ1) is 14.1. The van der Waals surface area contributed by atoms with Gasteiger partial charge in [-0.05, 0) is 12.5 Å². The van der Waals surface area contributed by atoms with Crippen molar-refractivity contribution in [3.05, 3.63) is 35.9 Å². The van der Waals surface area contributed by atoms with Crippen LogP contribution in [0.1, 0.15) is 32.8 Å². The zero-order valence-corrected chi connectivity index (χ0v) is 19.3. The molecule has 1 saturated heterocycles. The minimum absolute atomic E-state index is 0. The molecule has 2 N–H and O–H groups in total. The van der Waals surface area contributed by atoms with E-state index in [9.17, 15) is 14.4 Å². The molecule has 2 heterocycles. The van der Waals surface area contributed by atoms with E-state index in [-0.39, 0.29) is 37.4 Å². The number of hydrazone groups is 1. The van der Waals surface area contributed by atoms with Crippen LogP contribution >= 0.6 is 12.4 Å². The molecular formula is C22H31ClN4O4. The Morgan fingerprint density at radius 3 is 2.55 bits per heavy atom. The number of halogens is 1. The normalized spacial score (nSPS) is 21.8. The molecule has 1 aromatic rings. The number of carbonyl (C=O) groups is 3. The van der Waals surface area contributed by atoms with Crippen molar-refractivity contribution in [3.63, 3.8) is 0 Å². The summed E-state index contributed by atoms with van der Waals surface area (Å²) in [5, 5.41) is 5.67. The van der Waals surface area contributed by atoms with Crippen LogP contribution in [0.5, 0.6) is 0 Å². The molecule has 31 heavy (non-hydrogen) atoms. The van der Waals surface area contributed by atoms with Crippen LogP contribution in [-0.4, -0.2) is 60.1 Å². The van der Waals surface area contributed by atoms with Gasteiger partial charge in [0.15, 0.2) is 0 Å². The van der Waals surface area contributed by atoms with E-state index in [4.69, 9.17) is 10.5 Å². The van der Waals surface area contributed by atoms with E-state index in [1.54, 1.807) is 25.8 Å². The summed E-state index contributed by atoms with van der Waals surface area (Å²) in [6, 6.07) is 9.62. The Morgan fingerprint density at radius 1 is 1.29 bits per heavy atom. The maximum Gasteiger partial charge on any atom is 0.255 e. The number of nitrogens with two attached hydrogens (primary N) is 1. The molecule has 9 heteroatoms. The van der Waals surface area contributed by atoms with Crippen LogP contribution in [-0.2, 0) is 25.7 Å². The Morgan fingerprint density at radius 2 is 1.94 bits per heavy atom. The van der Waals surface area contributed by atoms with Gasteiger partial charge in [-0.2, -0.15) is 5.10 Å². The van der Waals surface area contributed by atoms with Gasteiger partial charge in [0.05, 0.1) is 30.3 Å². The molecule has 0 saturated carbocycles. The van der Waals surface area contributed by atoms with Gasteiger partial charge < -0.3 is 15.4 Å². The van der Waals surface area contributed by atoms with Crippen molar-refractivity contribution in [3.8, 4) is 0 Å². The first-order valence-electron chi connectivity index (χ1n) is 10.1. The van der Waals surface area contributed by atoms with Gasteiger partial charge in [-0.1, -0.05) is 44.2 Å². The van der Waals surface area contributed by atoms with Gasteiger partial charge >= 0.3 is 0 Å². The van der Waals surface area contributed by atoms with E-state index in [1.165, 1.54) is 5.01 Å². The molecule has 0 aliphatic carbocycles. The molecule has 0 spiro atoms. The zero-order chi connectivity index (χ0) is 22.1. The topological polar surface area (TPSA) is 105 Å². The molecule has 2 unspecified atom stereocenters. The summed E-state index contributed by atoms with van der Waals surface area (Å²) in [7, 11) is 1.63. The highest BCUT2D eigenvalue weighted by Gasteiger charge is 2.51. The van der Waals surface area contributed by atoms with Crippen LogP contribution in [0.2, 0.25) is 0 Å². The van der Waals surface area contributed by atoms with E-state index >= 15 is 0 Å². The second-order valence-electron chi connectivity index (χ2n) is 8.86. The van der Waals surface area contributed by atoms with Gasteiger partial charge in [0.25, 0.3) is 5.91 Å². The maximum atomic E-state index is 13.5. The van der Waals surface area contributed by atoms with Crippen molar-refractivity contribution in [2.24, 2.45) is 27.6 Å².